The molecule has 2 unspecified atom stereocenters. The summed E-state index contributed by atoms with van der Waals surface area (Å²) in [6.07, 6.45) is 5.31. The SMILES string of the molecule is CC1CCC(CNCCc2ncon2)O1. The van der Waals surface area contributed by atoms with Crippen LogP contribution < -0.4 is 5.32 Å². The molecule has 5 nitrogen and oxygen atoms in total. The lowest BCUT2D eigenvalue weighted by molar-refractivity contribution is 0.0562. The first-order chi connectivity index (χ1) is 7.34. The first-order valence-electron chi connectivity index (χ1n) is 5.46. The fraction of sp³-hybridized carbons (Fsp3) is 0.800. The lowest BCUT2D eigenvalue weighted by Crippen LogP contribution is -2.28. The van der Waals surface area contributed by atoms with Crippen LogP contribution in [0.25, 0.3) is 0 Å². The Morgan fingerprint density at radius 1 is 1.53 bits per heavy atom. The number of aromatic nitrogens is 2. The van der Waals surface area contributed by atoms with Crippen LogP contribution in [0.5, 0.6) is 0 Å². The molecule has 1 N–H and O–H groups in total. The van der Waals surface area contributed by atoms with Crippen LogP contribution >= 0.6 is 0 Å². The monoisotopic (exact) mass is 211 g/mol. The van der Waals surface area contributed by atoms with Crippen molar-refractivity contribution in [2.24, 2.45) is 0 Å². The molecule has 2 rings (SSSR count). The van der Waals surface area contributed by atoms with Crippen molar-refractivity contribution in [2.45, 2.75) is 38.4 Å². The van der Waals surface area contributed by atoms with Gasteiger partial charge in [-0.15, -0.1) is 0 Å². The normalized spacial score (nSPS) is 25.9. The molecule has 84 valence electrons. The van der Waals surface area contributed by atoms with E-state index in [4.69, 9.17) is 4.74 Å². The maximum absolute atomic E-state index is 5.69. The van der Waals surface area contributed by atoms with Crippen LogP contribution in [0.1, 0.15) is 25.6 Å². The van der Waals surface area contributed by atoms with Gasteiger partial charge >= 0.3 is 0 Å². The van der Waals surface area contributed by atoms with Gasteiger partial charge in [-0.25, -0.2) is 0 Å². The summed E-state index contributed by atoms with van der Waals surface area (Å²) in [4.78, 5) is 3.95. The number of hydrogen-bond acceptors (Lipinski definition) is 5. The first-order valence-corrected chi connectivity index (χ1v) is 5.46. The van der Waals surface area contributed by atoms with Crippen LogP contribution in [0.3, 0.4) is 0 Å². The van der Waals surface area contributed by atoms with Gasteiger partial charge in [0.2, 0.25) is 6.39 Å². The van der Waals surface area contributed by atoms with E-state index in [9.17, 15) is 0 Å². The third-order valence-corrected chi connectivity index (χ3v) is 2.62. The minimum absolute atomic E-state index is 0.380. The zero-order valence-corrected chi connectivity index (χ0v) is 8.98. The van der Waals surface area contributed by atoms with Crippen molar-refractivity contribution >= 4 is 0 Å². The van der Waals surface area contributed by atoms with E-state index in [2.05, 4.69) is 26.9 Å². The van der Waals surface area contributed by atoms with Gasteiger partial charge in [-0.1, -0.05) is 5.16 Å². The van der Waals surface area contributed by atoms with Crippen LogP contribution in [-0.2, 0) is 11.2 Å². The van der Waals surface area contributed by atoms with Crippen LogP contribution in [0.2, 0.25) is 0 Å². The maximum Gasteiger partial charge on any atom is 0.213 e. The summed E-state index contributed by atoms with van der Waals surface area (Å²) < 4.78 is 10.3. The van der Waals surface area contributed by atoms with E-state index in [1.54, 1.807) is 0 Å². The second-order valence-electron chi connectivity index (χ2n) is 3.95. The van der Waals surface area contributed by atoms with E-state index < -0.39 is 0 Å². The molecular weight excluding hydrogens is 194 g/mol. The van der Waals surface area contributed by atoms with E-state index in [1.807, 2.05) is 0 Å². The Morgan fingerprint density at radius 3 is 3.13 bits per heavy atom. The van der Waals surface area contributed by atoms with Gasteiger partial charge < -0.3 is 14.6 Å². The van der Waals surface area contributed by atoms with Gasteiger partial charge in [0.1, 0.15) is 0 Å². The van der Waals surface area contributed by atoms with Gasteiger partial charge in [0.25, 0.3) is 0 Å². The van der Waals surface area contributed by atoms with Gasteiger partial charge in [-0.2, -0.15) is 4.98 Å². The maximum atomic E-state index is 5.69. The second kappa shape index (κ2) is 5.23. The van der Waals surface area contributed by atoms with Crippen molar-refractivity contribution in [3.8, 4) is 0 Å². The number of nitrogens with zero attached hydrogens (tertiary/aromatic N) is 2. The lowest BCUT2D eigenvalue weighted by Gasteiger charge is -2.11. The highest BCUT2D eigenvalue weighted by atomic mass is 16.5. The molecule has 0 spiro atoms. The largest absolute Gasteiger partial charge is 0.374 e. The van der Waals surface area contributed by atoms with E-state index in [0.29, 0.717) is 12.2 Å². The third kappa shape index (κ3) is 3.28. The topological polar surface area (TPSA) is 60.2 Å². The summed E-state index contributed by atoms with van der Waals surface area (Å²) in [5, 5.41) is 7.08. The summed E-state index contributed by atoms with van der Waals surface area (Å²) in [5.41, 5.74) is 0. The van der Waals surface area contributed by atoms with Crippen molar-refractivity contribution in [3.05, 3.63) is 12.2 Å². The van der Waals surface area contributed by atoms with Crippen LogP contribution in [0.4, 0.5) is 0 Å². The molecule has 2 atom stereocenters. The molecule has 0 radical (unpaired) electrons. The van der Waals surface area contributed by atoms with Crippen LogP contribution in [-0.4, -0.2) is 35.4 Å². The Hall–Kier alpha value is -0.940. The minimum Gasteiger partial charge on any atom is -0.374 e. The number of nitrogens with one attached hydrogen (secondary N) is 1. The minimum atomic E-state index is 0.380. The molecule has 0 saturated carbocycles. The Balaban J connectivity index is 1.55. The predicted octanol–water partition coefficient (Wildman–Crippen LogP) is 0.769. The third-order valence-electron chi connectivity index (χ3n) is 2.62. The fourth-order valence-electron chi connectivity index (χ4n) is 1.80. The van der Waals surface area contributed by atoms with E-state index in [-0.39, 0.29) is 0 Å². The molecular formula is C10H17N3O2. The standard InChI is InChI=1S/C10H17N3O2/c1-8-2-3-9(15-8)6-11-5-4-10-12-7-14-13-10/h7-9,11H,2-6H2,1H3. The molecule has 0 bridgehead atoms. The molecule has 5 heteroatoms. The van der Waals surface area contributed by atoms with Gasteiger partial charge in [0.15, 0.2) is 5.82 Å². The molecule has 1 aliphatic rings. The average molecular weight is 211 g/mol. The smallest absolute Gasteiger partial charge is 0.213 e. The lowest BCUT2D eigenvalue weighted by atomic mass is 10.2. The molecule has 0 aromatic carbocycles. The van der Waals surface area contributed by atoms with Gasteiger partial charge in [0.05, 0.1) is 12.2 Å². The van der Waals surface area contributed by atoms with E-state index >= 15 is 0 Å². The van der Waals surface area contributed by atoms with Crippen LogP contribution in [0.15, 0.2) is 10.9 Å². The molecule has 0 amide bonds. The summed E-state index contributed by atoms with van der Waals surface area (Å²) in [6.45, 7) is 3.91. The second-order valence-corrected chi connectivity index (χ2v) is 3.95. The summed E-state index contributed by atoms with van der Waals surface area (Å²) in [5.74, 6) is 0.753. The molecule has 2 heterocycles. The highest BCUT2D eigenvalue weighted by Crippen LogP contribution is 2.17. The van der Waals surface area contributed by atoms with E-state index in [0.717, 1.165) is 31.8 Å². The number of ether oxygens (including phenoxy) is 1. The number of rotatable bonds is 5. The van der Waals surface area contributed by atoms with Gasteiger partial charge in [0, 0.05) is 19.5 Å². The quantitative estimate of drug-likeness (QED) is 0.729. The summed E-state index contributed by atoms with van der Waals surface area (Å²) in [6, 6.07) is 0. The van der Waals surface area contributed by atoms with Gasteiger partial charge in [-0.05, 0) is 19.8 Å². The van der Waals surface area contributed by atoms with Crippen molar-refractivity contribution in [1.29, 1.82) is 0 Å². The molecule has 1 saturated heterocycles. The Bertz CT molecular complexity index is 276. The fourth-order valence-corrected chi connectivity index (χ4v) is 1.80. The van der Waals surface area contributed by atoms with Crippen molar-refractivity contribution in [2.75, 3.05) is 13.1 Å². The Labute approximate surface area is 89.2 Å². The highest BCUT2D eigenvalue weighted by Gasteiger charge is 2.20. The summed E-state index contributed by atoms with van der Waals surface area (Å²) >= 11 is 0. The van der Waals surface area contributed by atoms with Crippen molar-refractivity contribution in [1.82, 2.24) is 15.5 Å². The van der Waals surface area contributed by atoms with Crippen molar-refractivity contribution in [3.63, 3.8) is 0 Å². The predicted molar refractivity (Wildman–Crippen MR) is 54.4 cm³/mol. The average Bonchev–Trinajstić information content (AvgIpc) is 2.84. The zero-order valence-electron chi connectivity index (χ0n) is 8.98. The molecule has 15 heavy (non-hydrogen) atoms. The Morgan fingerprint density at radius 2 is 2.47 bits per heavy atom. The molecule has 0 aliphatic carbocycles. The van der Waals surface area contributed by atoms with Gasteiger partial charge in [-0.3, -0.25) is 0 Å². The van der Waals surface area contributed by atoms with Crippen molar-refractivity contribution < 1.29 is 9.26 Å². The first kappa shape index (κ1) is 10.6. The molecule has 1 aromatic rings. The van der Waals surface area contributed by atoms with E-state index in [1.165, 1.54) is 12.8 Å². The molecule has 1 aliphatic heterocycles. The number of hydrogen-bond donors (Lipinski definition) is 1. The zero-order chi connectivity index (χ0) is 10.5. The summed E-state index contributed by atoms with van der Waals surface area (Å²) in [7, 11) is 0. The molecule has 1 fully saturated rings. The molecule has 1 aromatic heterocycles. The Kier molecular flexibility index (Phi) is 3.69. The highest BCUT2D eigenvalue weighted by molar-refractivity contribution is 4.79. The van der Waals surface area contributed by atoms with Crippen LogP contribution in [0, 0.1) is 0 Å².